The molecule has 1 saturated carbocycles. The average Bonchev–Trinajstić information content (AvgIpc) is 1.58. The Morgan fingerprint density at radius 3 is 2.29 bits per heavy atom. The van der Waals surface area contributed by atoms with E-state index in [9.17, 15) is 0 Å². The maximum atomic E-state index is 3.20. The average molecular weight is 164 g/mol. The molecule has 1 fully saturated rings. The summed E-state index contributed by atoms with van der Waals surface area (Å²) in [5.74, 6) is 0.954. The van der Waals surface area contributed by atoms with Crippen molar-refractivity contribution >= 4 is 16.1 Å². The Hall–Kier alpha value is 0.440. The van der Waals surface area contributed by atoms with Crippen LogP contribution in [0.2, 0.25) is 0 Å². The van der Waals surface area contributed by atoms with E-state index in [4.69, 9.17) is 0 Å². The van der Waals surface area contributed by atoms with Gasteiger partial charge in [-0.1, -0.05) is 6.92 Å². The van der Waals surface area contributed by atoms with Gasteiger partial charge in [-0.05, 0) is 18.8 Å². The SMILES string of the molecule is CC1CC(NBr)C1. The molecule has 42 valence electrons. The van der Waals surface area contributed by atoms with Crippen LogP contribution in [0, 0.1) is 5.92 Å². The molecule has 1 aliphatic rings. The number of nitrogens with one attached hydrogen (secondary N) is 1. The van der Waals surface area contributed by atoms with Gasteiger partial charge in [-0.2, -0.15) is 0 Å². The van der Waals surface area contributed by atoms with Gasteiger partial charge >= 0.3 is 0 Å². The van der Waals surface area contributed by atoms with E-state index in [0.29, 0.717) is 0 Å². The molecule has 0 saturated heterocycles. The molecule has 1 N–H and O–H groups in total. The molecule has 0 amide bonds. The van der Waals surface area contributed by atoms with Crippen molar-refractivity contribution < 1.29 is 0 Å². The summed E-state index contributed by atoms with van der Waals surface area (Å²) in [7, 11) is 0. The van der Waals surface area contributed by atoms with Crippen molar-refractivity contribution in [3.8, 4) is 0 Å². The number of hydrogen-bond acceptors (Lipinski definition) is 1. The third kappa shape index (κ3) is 1.16. The second-order valence-electron chi connectivity index (χ2n) is 2.38. The summed E-state index contributed by atoms with van der Waals surface area (Å²) in [6.07, 6.45) is 2.68. The third-order valence-corrected chi connectivity index (χ3v) is 2.18. The van der Waals surface area contributed by atoms with E-state index in [1.165, 1.54) is 12.8 Å². The fraction of sp³-hybridized carbons (Fsp3) is 1.00. The normalized spacial score (nSPS) is 40.3. The number of hydrogen-bond donors (Lipinski definition) is 1. The minimum Gasteiger partial charge on any atom is -0.253 e. The highest BCUT2D eigenvalue weighted by Crippen LogP contribution is 2.26. The van der Waals surface area contributed by atoms with Gasteiger partial charge in [-0.3, -0.25) is 4.34 Å². The van der Waals surface area contributed by atoms with Crippen LogP contribution in [0.15, 0.2) is 0 Å². The van der Waals surface area contributed by atoms with Crippen LogP contribution < -0.4 is 4.34 Å². The van der Waals surface area contributed by atoms with E-state index in [1.54, 1.807) is 0 Å². The van der Waals surface area contributed by atoms with E-state index in [1.807, 2.05) is 0 Å². The lowest BCUT2D eigenvalue weighted by atomic mass is 9.83. The molecule has 1 rings (SSSR count). The topological polar surface area (TPSA) is 12.0 Å². The predicted molar refractivity (Wildman–Crippen MR) is 34.2 cm³/mol. The fourth-order valence-corrected chi connectivity index (χ4v) is 1.37. The molecular formula is C5H10BrN. The van der Waals surface area contributed by atoms with Gasteiger partial charge in [0, 0.05) is 22.2 Å². The summed E-state index contributed by atoms with van der Waals surface area (Å²) in [6, 6.07) is 0.759. The molecule has 0 heterocycles. The first-order valence-corrected chi connectivity index (χ1v) is 3.48. The van der Waals surface area contributed by atoms with Crippen LogP contribution in [0.5, 0.6) is 0 Å². The van der Waals surface area contributed by atoms with Gasteiger partial charge in [0.25, 0.3) is 0 Å². The fourth-order valence-electron chi connectivity index (χ4n) is 0.991. The second kappa shape index (κ2) is 2.14. The van der Waals surface area contributed by atoms with Crippen molar-refractivity contribution in [2.45, 2.75) is 25.8 Å². The van der Waals surface area contributed by atoms with Gasteiger partial charge in [-0.25, -0.2) is 0 Å². The highest BCUT2D eigenvalue weighted by Gasteiger charge is 2.23. The Kier molecular flexibility index (Phi) is 1.70. The first-order valence-electron chi connectivity index (χ1n) is 2.69. The maximum Gasteiger partial charge on any atom is 0.0180 e. The maximum absolute atomic E-state index is 3.20. The largest absolute Gasteiger partial charge is 0.253 e. The van der Waals surface area contributed by atoms with E-state index in [-0.39, 0.29) is 0 Å². The zero-order valence-corrected chi connectivity index (χ0v) is 6.03. The van der Waals surface area contributed by atoms with Crippen LogP contribution in [0.1, 0.15) is 19.8 Å². The predicted octanol–water partition coefficient (Wildman–Crippen LogP) is 1.68. The molecule has 0 unspecified atom stereocenters. The number of rotatable bonds is 1. The zero-order chi connectivity index (χ0) is 5.28. The van der Waals surface area contributed by atoms with Crippen molar-refractivity contribution in [2.24, 2.45) is 5.92 Å². The van der Waals surface area contributed by atoms with Gasteiger partial charge in [0.05, 0.1) is 0 Å². The Bertz CT molecular complexity index is 59.1. The quantitative estimate of drug-likeness (QED) is 0.581. The van der Waals surface area contributed by atoms with Crippen LogP contribution in [0.3, 0.4) is 0 Å². The standard InChI is InChI=1S/C5H10BrN/c1-4-2-5(3-4)7-6/h4-5,7H,2-3H2,1H3. The van der Waals surface area contributed by atoms with Gasteiger partial charge in [-0.15, -0.1) is 0 Å². The van der Waals surface area contributed by atoms with E-state index in [0.717, 1.165) is 12.0 Å². The molecule has 0 aromatic carbocycles. The van der Waals surface area contributed by atoms with Gasteiger partial charge in [0.1, 0.15) is 0 Å². The third-order valence-electron chi connectivity index (χ3n) is 1.53. The smallest absolute Gasteiger partial charge is 0.0180 e. The summed E-state index contributed by atoms with van der Waals surface area (Å²) in [5.41, 5.74) is 0. The van der Waals surface area contributed by atoms with Crippen molar-refractivity contribution in [3.05, 3.63) is 0 Å². The lowest BCUT2D eigenvalue weighted by Crippen LogP contribution is -2.34. The van der Waals surface area contributed by atoms with Crippen LogP contribution >= 0.6 is 16.1 Å². The highest BCUT2D eigenvalue weighted by molar-refractivity contribution is 9.08. The molecule has 0 spiro atoms. The summed E-state index contributed by atoms with van der Waals surface area (Å²) in [6.45, 7) is 2.28. The minimum absolute atomic E-state index is 0.759. The van der Waals surface area contributed by atoms with E-state index >= 15 is 0 Å². The summed E-state index contributed by atoms with van der Waals surface area (Å²) in [5, 5.41) is 0. The van der Waals surface area contributed by atoms with Crippen LogP contribution in [0.4, 0.5) is 0 Å². The molecular weight excluding hydrogens is 154 g/mol. The Balaban J connectivity index is 2.06. The second-order valence-corrected chi connectivity index (χ2v) is 2.84. The molecule has 0 bridgehead atoms. The molecule has 0 aliphatic heterocycles. The molecule has 0 radical (unpaired) electrons. The monoisotopic (exact) mass is 163 g/mol. The lowest BCUT2D eigenvalue weighted by Gasteiger charge is -2.30. The molecule has 0 atom stereocenters. The summed E-state index contributed by atoms with van der Waals surface area (Å²) >= 11 is 3.20. The van der Waals surface area contributed by atoms with Crippen molar-refractivity contribution in [1.82, 2.24) is 4.34 Å². The molecule has 0 aromatic heterocycles. The first kappa shape index (κ1) is 5.57. The highest BCUT2D eigenvalue weighted by atomic mass is 79.9. The van der Waals surface area contributed by atoms with Gasteiger partial charge in [0.15, 0.2) is 0 Å². The number of halogens is 1. The molecule has 0 aromatic rings. The minimum atomic E-state index is 0.759. The van der Waals surface area contributed by atoms with Gasteiger partial charge < -0.3 is 0 Å². The van der Waals surface area contributed by atoms with E-state index in [2.05, 4.69) is 27.4 Å². The van der Waals surface area contributed by atoms with Crippen molar-refractivity contribution in [2.75, 3.05) is 0 Å². The summed E-state index contributed by atoms with van der Waals surface area (Å²) in [4.78, 5) is 0. The van der Waals surface area contributed by atoms with Crippen LogP contribution in [0.25, 0.3) is 0 Å². The van der Waals surface area contributed by atoms with Crippen molar-refractivity contribution in [1.29, 1.82) is 0 Å². The summed E-state index contributed by atoms with van der Waals surface area (Å²) < 4.78 is 3.04. The molecule has 7 heavy (non-hydrogen) atoms. The molecule has 1 nitrogen and oxygen atoms in total. The lowest BCUT2D eigenvalue weighted by molar-refractivity contribution is 0.277. The zero-order valence-electron chi connectivity index (χ0n) is 4.45. The Morgan fingerprint density at radius 2 is 2.14 bits per heavy atom. The molecule has 1 aliphatic carbocycles. The Morgan fingerprint density at radius 1 is 1.57 bits per heavy atom. The molecule has 2 heteroatoms. The van der Waals surface area contributed by atoms with Crippen molar-refractivity contribution in [3.63, 3.8) is 0 Å². The van der Waals surface area contributed by atoms with Crippen LogP contribution in [-0.4, -0.2) is 6.04 Å². The van der Waals surface area contributed by atoms with Crippen LogP contribution in [-0.2, 0) is 0 Å². The van der Waals surface area contributed by atoms with Gasteiger partial charge in [0.2, 0.25) is 0 Å². The Labute approximate surface area is 52.8 Å². The van der Waals surface area contributed by atoms with E-state index < -0.39 is 0 Å². The first-order chi connectivity index (χ1) is 3.33.